The van der Waals surface area contributed by atoms with E-state index in [4.69, 9.17) is 0 Å². The van der Waals surface area contributed by atoms with Crippen LogP contribution in [0.15, 0.2) is 4.99 Å². The van der Waals surface area contributed by atoms with E-state index in [9.17, 15) is 4.79 Å². The molecular weight excluding hydrogens is 140 g/mol. The van der Waals surface area contributed by atoms with Crippen molar-refractivity contribution in [2.24, 2.45) is 4.99 Å². The van der Waals surface area contributed by atoms with Crippen molar-refractivity contribution in [2.75, 3.05) is 0 Å². The van der Waals surface area contributed by atoms with Crippen LogP contribution in [0.3, 0.4) is 0 Å². The van der Waals surface area contributed by atoms with Gasteiger partial charge in [-0.1, -0.05) is 0 Å². The molecule has 0 aromatic heterocycles. The molecule has 11 heavy (non-hydrogen) atoms. The molecule has 1 aliphatic heterocycles. The van der Waals surface area contributed by atoms with Crippen molar-refractivity contribution < 1.29 is 4.79 Å². The monoisotopic (exact) mass is 154 g/mol. The van der Waals surface area contributed by atoms with Gasteiger partial charge in [-0.2, -0.15) is 0 Å². The number of rotatable bonds is 1. The molecule has 0 aromatic carbocycles. The Bertz CT molecular complexity index is 216. The minimum atomic E-state index is -0.292. The topological polar surface area (TPSA) is 41.5 Å². The Morgan fingerprint density at radius 2 is 1.91 bits per heavy atom. The number of aldehydes is 1. The Morgan fingerprint density at radius 3 is 2.09 bits per heavy atom. The Labute approximate surface area is 66.9 Å². The molecule has 0 unspecified atom stereocenters. The third-order valence-corrected chi connectivity index (χ3v) is 1.77. The number of hydrogen-bond donors (Lipinski definition) is 1. The average molecular weight is 154 g/mol. The average Bonchev–Trinajstić information content (AvgIpc) is 1.99. The molecule has 0 fully saturated rings. The van der Waals surface area contributed by atoms with E-state index >= 15 is 0 Å². The predicted molar refractivity (Wildman–Crippen MR) is 44.8 cm³/mol. The van der Waals surface area contributed by atoms with E-state index in [-0.39, 0.29) is 11.2 Å². The summed E-state index contributed by atoms with van der Waals surface area (Å²) in [5, 5.41) is 3.24. The second-order valence-corrected chi connectivity index (χ2v) is 3.92. The predicted octanol–water partition coefficient (Wildman–Crippen LogP) is 0.744. The molecule has 0 spiro atoms. The van der Waals surface area contributed by atoms with Crippen LogP contribution in [0.2, 0.25) is 0 Å². The summed E-state index contributed by atoms with van der Waals surface area (Å²) >= 11 is 0. The number of nitrogens with zero attached hydrogens (tertiary/aromatic N) is 1. The second kappa shape index (κ2) is 2.14. The Kier molecular flexibility index (Phi) is 1.63. The number of carbonyl (C=O) groups is 1. The highest BCUT2D eigenvalue weighted by molar-refractivity contribution is 6.33. The summed E-state index contributed by atoms with van der Waals surface area (Å²) in [4.78, 5) is 14.8. The first-order valence-electron chi connectivity index (χ1n) is 3.72. The first-order valence-corrected chi connectivity index (χ1v) is 3.72. The molecule has 0 saturated heterocycles. The molecule has 0 radical (unpaired) electrons. The number of hydrogen-bond acceptors (Lipinski definition) is 3. The van der Waals surface area contributed by atoms with E-state index < -0.39 is 0 Å². The van der Waals surface area contributed by atoms with Crippen LogP contribution in [0.5, 0.6) is 0 Å². The summed E-state index contributed by atoms with van der Waals surface area (Å²) in [7, 11) is 0. The second-order valence-electron chi connectivity index (χ2n) is 3.92. The zero-order chi connectivity index (χ0) is 8.70. The van der Waals surface area contributed by atoms with Crippen molar-refractivity contribution in [3.8, 4) is 0 Å². The van der Waals surface area contributed by atoms with Gasteiger partial charge in [-0.25, -0.2) is 0 Å². The van der Waals surface area contributed by atoms with Crippen molar-refractivity contribution in [1.29, 1.82) is 0 Å². The molecular formula is C8H14N2O. The first-order chi connectivity index (χ1) is 4.87. The highest BCUT2D eigenvalue weighted by Crippen LogP contribution is 2.21. The number of carbonyl (C=O) groups excluding carboxylic acids is 1. The van der Waals surface area contributed by atoms with Gasteiger partial charge in [0.05, 0.1) is 11.3 Å². The molecule has 3 nitrogen and oxygen atoms in total. The molecule has 62 valence electrons. The molecule has 1 aliphatic rings. The highest BCUT2D eigenvalue weighted by Gasteiger charge is 2.38. The van der Waals surface area contributed by atoms with Gasteiger partial charge in [0.15, 0.2) is 6.29 Å². The largest absolute Gasteiger partial charge is 0.296 e. The number of aliphatic imine (C=N–C) groups is 1. The van der Waals surface area contributed by atoms with Crippen LogP contribution >= 0.6 is 0 Å². The highest BCUT2D eigenvalue weighted by atomic mass is 16.1. The molecule has 0 amide bonds. The third-order valence-electron chi connectivity index (χ3n) is 1.77. The van der Waals surface area contributed by atoms with Gasteiger partial charge >= 0.3 is 0 Å². The van der Waals surface area contributed by atoms with Crippen LogP contribution in [0.25, 0.3) is 0 Å². The van der Waals surface area contributed by atoms with Crippen LogP contribution in [-0.2, 0) is 4.79 Å². The van der Waals surface area contributed by atoms with Gasteiger partial charge in [0, 0.05) is 0 Å². The fourth-order valence-electron chi connectivity index (χ4n) is 1.47. The van der Waals surface area contributed by atoms with E-state index in [0.717, 1.165) is 6.29 Å². The lowest BCUT2D eigenvalue weighted by Crippen LogP contribution is -2.48. The van der Waals surface area contributed by atoms with Gasteiger partial charge in [-0.05, 0) is 27.7 Å². The molecule has 1 rings (SSSR count). The van der Waals surface area contributed by atoms with Crippen molar-refractivity contribution in [3.05, 3.63) is 0 Å². The van der Waals surface area contributed by atoms with Crippen LogP contribution in [0.4, 0.5) is 0 Å². The fourth-order valence-corrected chi connectivity index (χ4v) is 1.47. The van der Waals surface area contributed by atoms with Gasteiger partial charge < -0.3 is 0 Å². The van der Waals surface area contributed by atoms with Crippen LogP contribution in [0.1, 0.15) is 27.7 Å². The maximum atomic E-state index is 10.5. The summed E-state index contributed by atoms with van der Waals surface area (Å²) in [5.41, 5.74) is 0.0350. The molecule has 0 aromatic rings. The van der Waals surface area contributed by atoms with E-state index in [1.165, 1.54) is 0 Å². The van der Waals surface area contributed by atoms with Crippen molar-refractivity contribution in [1.82, 2.24) is 5.32 Å². The summed E-state index contributed by atoms with van der Waals surface area (Å²) in [6, 6.07) is 0. The van der Waals surface area contributed by atoms with Gasteiger partial charge in [0.25, 0.3) is 0 Å². The molecule has 1 N–H and O–H groups in total. The number of nitrogens with one attached hydrogen (secondary N) is 1. The lowest BCUT2D eigenvalue weighted by atomic mass is 10.0. The van der Waals surface area contributed by atoms with E-state index in [0.29, 0.717) is 5.71 Å². The lowest BCUT2D eigenvalue weighted by molar-refractivity contribution is -0.102. The first kappa shape index (κ1) is 8.40. The van der Waals surface area contributed by atoms with Crippen LogP contribution in [0, 0.1) is 0 Å². The third kappa shape index (κ3) is 1.48. The van der Waals surface area contributed by atoms with Crippen molar-refractivity contribution in [3.63, 3.8) is 0 Å². The van der Waals surface area contributed by atoms with E-state index in [1.54, 1.807) is 0 Å². The van der Waals surface area contributed by atoms with Crippen LogP contribution < -0.4 is 5.32 Å². The van der Waals surface area contributed by atoms with Gasteiger partial charge in [-0.15, -0.1) is 0 Å². The summed E-state index contributed by atoms with van der Waals surface area (Å²) in [6.07, 6.45) is 0.821. The van der Waals surface area contributed by atoms with Crippen molar-refractivity contribution in [2.45, 2.75) is 38.9 Å². The van der Waals surface area contributed by atoms with E-state index in [1.807, 2.05) is 27.7 Å². The summed E-state index contributed by atoms with van der Waals surface area (Å²) in [5.74, 6) is 0. The lowest BCUT2D eigenvalue weighted by Gasteiger charge is -2.23. The summed E-state index contributed by atoms with van der Waals surface area (Å²) in [6.45, 7) is 7.81. The minimum Gasteiger partial charge on any atom is -0.296 e. The molecule has 1 heterocycles. The molecule has 0 saturated carbocycles. The van der Waals surface area contributed by atoms with Gasteiger partial charge in [-0.3, -0.25) is 15.1 Å². The zero-order valence-electron chi connectivity index (χ0n) is 7.43. The van der Waals surface area contributed by atoms with Gasteiger partial charge in [0.1, 0.15) is 5.66 Å². The molecule has 3 heteroatoms. The summed E-state index contributed by atoms with van der Waals surface area (Å²) < 4.78 is 0. The SMILES string of the molecule is CC1(C)N=C(C=O)C(C)(C)N1. The van der Waals surface area contributed by atoms with Crippen molar-refractivity contribution >= 4 is 12.0 Å². The van der Waals surface area contributed by atoms with Gasteiger partial charge in [0.2, 0.25) is 0 Å². The molecule has 0 bridgehead atoms. The quantitative estimate of drug-likeness (QED) is 0.566. The smallest absolute Gasteiger partial charge is 0.165 e. The Hall–Kier alpha value is -0.700. The zero-order valence-corrected chi connectivity index (χ0v) is 7.43. The van der Waals surface area contributed by atoms with Crippen LogP contribution in [-0.4, -0.2) is 23.2 Å². The maximum absolute atomic E-state index is 10.5. The Balaban J connectivity index is 2.98. The Morgan fingerprint density at radius 1 is 1.36 bits per heavy atom. The maximum Gasteiger partial charge on any atom is 0.165 e. The standard InChI is InChI=1S/C8H14N2O/c1-7(2)6(5-11)9-8(3,4)10-7/h5,10H,1-4H3. The molecule has 0 atom stereocenters. The van der Waals surface area contributed by atoms with E-state index in [2.05, 4.69) is 10.3 Å². The normalized spacial score (nSPS) is 26.4. The minimum absolute atomic E-state index is 0.273. The fraction of sp³-hybridized carbons (Fsp3) is 0.750. The molecule has 0 aliphatic carbocycles.